The van der Waals surface area contributed by atoms with E-state index in [4.69, 9.17) is 4.74 Å². The lowest BCUT2D eigenvalue weighted by molar-refractivity contribution is 0.0160. The van der Waals surface area contributed by atoms with E-state index in [9.17, 15) is 4.39 Å². The second-order valence-electron chi connectivity index (χ2n) is 6.34. The molecule has 25 heavy (non-hydrogen) atoms. The van der Waals surface area contributed by atoms with Gasteiger partial charge in [-0.15, -0.1) is 12.4 Å². The van der Waals surface area contributed by atoms with Crippen LogP contribution in [-0.4, -0.2) is 37.7 Å². The van der Waals surface area contributed by atoms with Crippen molar-refractivity contribution in [3.63, 3.8) is 0 Å². The monoisotopic (exact) mass is 364 g/mol. The lowest BCUT2D eigenvalue weighted by Gasteiger charge is -2.35. The highest BCUT2D eigenvalue weighted by molar-refractivity contribution is 5.85. The van der Waals surface area contributed by atoms with Crippen LogP contribution in [-0.2, 0) is 11.3 Å². The lowest BCUT2D eigenvalue weighted by atomic mass is 10.0. The number of morpholine rings is 1. The highest BCUT2D eigenvalue weighted by Crippen LogP contribution is 2.22. The first-order valence-corrected chi connectivity index (χ1v) is 8.56. The molecule has 2 aromatic carbocycles. The highest BCUT2D eigenvalue weighted by Gasteiger charge is 2.22. The summed E-state index contributed by atoms with van der Waals surface area (Å²) >= 11 is 0. The minimum absolute atomic E-state index is 0. The zero-order valence-corrected chi connectivity index (χ0v) is 15.4. The third kappa shape index (κ3) is 5.79. The van der Waals surface area contributed by atoms with Crippen molar-refractivity contribution in [1.82, 2.24) is 10.2 Å². The predicted octanol–water partition coefficient (Wildman–Crippen LogP) is 3.72. The summed E-state index contributed by atoms with van der Waals surface area (Å²) in [6.45, 7) is 6.95. The molecule has 0 spiro atoms. The Bertz CT molecular complexity index is 662. The van der Waals surface area contributed by atoms with Crippen LogP contribution < -0.4 is 5.32 Å². The van der Waals surface area contributed by atoms with E-state index >= 15 is 0 Å². The summed E-state index contributed by atoms with van der Waals surface area (Å²) in [5.74, 6) is -0.176. The minimum atomic E-state index is -0.176. The number of ether oxygens (including phenoxy) is 1. The SMILES string of the molecule is Cc1cccc(CNCC(c2cccc(F)c2)N2CCOCC2)c1.Cl. The van der Waals surface area contributed by atoms with Gasteiger partial charge in [-0.05, 0) is 30.2 Å². The van der Waals surface area contributed by atoms with Crippen LogP contribution in [0.15, 0.2) is 48.5 Å². The van der Waals surface area contributed by atoms with E-state index < -0.39 is 0 Å². The Morgan fingerprint density at radius 3 is 2.60 bits per heavy atom. The Morgan fingerprint density at radius 1 is 1.12 bits per heavy atom. The second kappa shape index (κ2) is 9.88. The van der Waals surface area contributed by atoms with Crippen molar-refractivity contribution in [2.24, 2.45) is 0 Å². The smallest absolute Gasteiger partial charge is 0.123 e. The molecule has 3 rings (SSSR count). The van der Waals surface area contributed by atoms with Gasteiger partial charge in [-0.3, -0.25) is 4.90 Å². The summed E-state index contributed by atoms with van der Waals surface area (Å²) in [6, 6.07) is 15.6. The first-order chi connectivity index (χ1) is 11.7. The molecule has 3 nitrogen and oxygen atoms in total. The van der Waals surface area contributed by atoms with Crippen molar-refractivity contribution in [2.45, 2.75) is 19.5 Å². The Labute approximate surface area is 155 Å². The molecule has 136 valence electrons. The molecule has 1 saturated heterocycles. The van der Waals surface area contributed by atoms with E-state index in [1.54, 1.807) is 12.1 Å². The van der Waals surface area contributed by atoms with Crippen molar-refractivity contribution in [1.29, 1.82) is 0 Å². The zero-order valence-electron chi connectivity index (χ0n) is 14.6. The summed E-state index contributed by atoms with van der Waals surface area (Å²) in [7, 11) is 0. The van der Waals surface area contributed by atoms with Crippen molar-refractivity contribution in [3.8, 4) is 0 Å². The maximum absolute atomic E-state index is 13.7. The standard InChI is InChI=1S/C20H25FN2O.ClH/c1-16-4-2-5-17(12-16)14-22-15-20(23-8-10-24-11-9-23)18-6-3-7-19(21)13-18;/h2-7,12-13,20,22H,8-11,14-15H2,1H3;1H. The topological polar surface area (TPSA) is 24.5 Å². The fraction of sp³-hybridized carbons (Fsp3) is 0.400. The zero-order chi connectivity index (χ0) is 16.8. The second-order valence-corrected chi connectivity index (χ2v) is 6.34. The van der Waals surface area contributed by atoms with Gasteiger partial charge in [-0.25, -0.2) is 4.39 Å². The van der Waals surface area contributed by atoms with Crippen LogP contribution in [0.3, 0.4) is 0 Å². The van der Waals surface area contributed by atoms with E-state index in [2.05, 4.69) is 41.4 Å². The number of nitrogens with one attached hydrogen (secondary N) is 1. The minimum Gasteiger partial charge on any atom is -0.379 e. The molecular formula is C20H26ClFN2O. The molecule has 1 N–H and O–H groups in total. The first kappa shape index (κ1) is 19.9. The van der Waals surface area contributed by atoms with E-state index in [0.29, 0.717) is 0 Å². The van der Waals surface area contributed by atoms with Crippen LogP contribution >= 0.6 is 12.4 Å². The normalized spacial score (nSPS) is 16.2. The van der Waals surface area contributed by atoms with Gasteiger partial charge < -0.3 is 10.1 Å². The molecule has 1 heterocycles. The van der Waals surface area contributed by atoms with Gasteiger partial charge >= 0.3 is 0 Å². The number of benzene rings is 2. The van der Waals surface area contributed by atoms with Gasteiger partial charge in [0.05, 0.1) is 13.2 Å². The average Bonchev–Trinajstić information content (AvgIpc) is 2.59. The van der Waals surface area contributed by atoms with Gasteiger partial charge in [0, 0.05) is 32.2 Å². The van der Waals surface area contributed by atoms with Gasteiger partial charge in [0.15, 0.2) is 0 Å². The fourth-order valence-electron chi connectivity index (χ4n) is 3.24. The van der Waals surface area contributed by atoms with Gasteiger partial charge in [-0.1, -0.05) is 42.0 Å². The van der Waals surface area contributed by atoms with Gasteiger partial charge in [0.2, 0.25) is 0 Å². The molecular weight excluding hydrogens is 339 g/mol. The van der Waals surface area contributed by atoms with Crippen molar-refractivity contribution in [3.05, 3.63) is 71.0 Å². The van der Waals surface area contributed by atoms with Gasteiger partial charge in [0.1, 0.15) is 5.82 Å². The molecule has 1 aliphatic heterocycles. The van der Waals surface area contributed by atoms with E-state index in [1.807, 2.05) is 6.07 Å². The molecule has 0 amide bonds. The maximum atomic E-state index is 13.7. The highest BCUT2D eigenvalue weighted by atomic mass is 35.5. The lowest BCUT2D eigenvalue weighted by Crippen LogP contribution is -2.42. The molecule has 0 saturated carbocycles. The molecule has 5 heteroatoms. The Hall–Kier alpha value is -1.46. The number of hydrogen-bond donors (Lipinski definition) is 1. The van der Waals surface area contributed by atoms with E-state index in [-0.39, 0.29) is 24.3 Å². The van der Waals surface area contributed by atoms with E-state index in [0.717, 1.165) is 45.0 Å². The molecule has 0 radical (unpaired) electrons. The molecule has 1 atom stereocenters. The maximum Gasteiger partial charge on any atom is 0.123 e. The summed E-state index contributed by atoms with van der Waals surface area (Å²) < 4.78 is 19.1. The summed E-state index contributed by atoms with van der Waals surface area (Å²) in [4.78, 5) is 2.38. The van der Waals surface area contributed by atoms with Gasteiger partial charge in [-0.2, -0.15) is 0 Å². The van der Waals surface area contributed by atoms with E-state index in [1.165, 1.54) is 17.2 Å². The number of rotatable bonds is 6. The number of halogens is 2. The summed E-state index contributed by atoms with van der Waals surface area (Å²) in [6.07, 6.45) is 0. The Balaban J connectivity index is 0.00000225. The van der Waals surface area contributed by atoms with Crippen molar-refractivity contribution in [2.75, 3.05) is 32.8 Å². The third-order valence-corrected chi connectivity index (χ3v) is 4.47. The molecule has 1 unspecified atom stereocenters. The molecule has 0 aliphatic carbocycles. The van der Waals surface area contributed by atoms with Crippen LogP contribution in [0, 0.1) is 12.7 Å². The molecule has 1 fully saturated rings. The van der Waals surface area contributed by atoms with Crippen LogP contribution in [0.4, 0.5) is 4.39 Å². The number of hydrogen-bond acceptors (Lipinski definition) is 3. The number of aryl methyl sites for hydroxylation is 1. The van der Waals surface area contributed by atoms with Crippen LogP contribution in [0.1, 0.15) is 22.7 Å². The van der Waals surface area contributed by atoms with Crippen molar-refractivity contribution >= 4 is 12.4 Å². The van der Waals surface area contributed by atoms with Crippen LogP contribution in [0.2, 0.25) is 0 Å². The Morgan fingerprint density at radius 2 is 1.88 bits per heavy atom. The largest absolute Gasteiger partial charge is 0.379 e. The van der Waals surface area contributed by atoms with Crippen LogP contribution in [0.25, 0.3) is 0 Å². The van der Waals surface area contributed by atoms with Crippen LogP contribution in [0.5, 0.6) is 0 Å². The first-order valence-electron chi connectivity index (χ1n) is 8.56. The molecule has 1 aliphatic rings. The van der Waals surface area contributed by atoms with Gasteiger partial charge in [0.25, 0.3) is 0 Å². The molecule has 2 aromatic rings. The summed E-state index contributed by atoms with van der Waals surface area (Å²) in [5, 5.41) is 3.54. The molecule has 0 aromatic heterocycles. The Kier molecular flexibility index (Phi) is 7.85. The average molecular weight is 365 g/mol. The number of nitrogens with zero attached hydrogens (tertiary/aromatic N) is 1. The predicted molar refractivity (Wildman–Crippen MR) is 102 cm³/mol. The summed E-state index contributed by atoms with van der Waals surface area (Å²) in [5.41, 5.74) is 3.56. The van der Waals surface area contributed by atoms with Crippen molar-refractivity contribution < 1.29 is 9.13 Å². The quantitative estimate of drug-likeness (QED) is 0.845. The molecule has 0 bridgehead atoms. The third-order valence-electron chi connectivity index (χ3n) is 4.47. The fourth-order valence-corrected chi connectivity index (χ4v) is 3.24.